The van der Waals surface area contributed by atoms with E-state index in [1.807, 2.05) is 19.1 Å². The lowest BCUT2D eigenvalue weighted by atomic mass is 10.1. The molecule has 5 nitrogen and oxygen atoms in total. The van der Waals surface area contributed by atoms with Crippen molar-refractivity contribution < 1.29 is 14.3 Å². The molecule has 1 aromatic rings. The Morgan fingerprint density at radius 3 is 2.84 bits per heavy atom. The van der Waals surface area contributed by atoms with Crippen LogP contribution in [0.4, 0.5) is 0 Å². The maximum Gasteiger partial charge on any atom is 0.234 e. The minimum absolute atomic E-state index is 0.100. The quantitative estimate of drug-likeness (QED) is 0.908. The van der Waals surface area contributed by atoms with Crippen molar-refractivity contribution in [3.63, 3.8) is 0 Å². The summed E-state index contributed by atoms with van der Waals surface area (Å²) >= 11 is 0. The fraction of sp³-hybridized carbons (Fsp3) is 0.650. The molecule has 1 aliphatic heterocycles. The maximum atomic E-state index is 12.2. The topological polar surface area (TPSA) is 50.8 Å². The van der Waals surface area contributed by atoms with Gasteiger partial charge in [-0.3, -0.25) is 9.69 Å². The van der Waals surface area contributed by atoms with Gasteiger partial charge in [-0.2, -0.15) is 0 Å². The van der Waals surface area contributed by atoms with Crippen molar-refractivity contribution in [1.29, 1.82) is 0 Å². The first kappa shape index (κ1) is 19.6. The van der Waals surface area contributed by atoms with E-state index in [9.17, 15) is 4.79 Å². The van der Waals surface area contributed by atoms with Gasteiger partial charge in [-0.15, -0.1) is 0 Å². The van der Waals surface area contributed by atoms with Crippen molar-refractivity contribution in [3.8, 4) is 11.5 Å². The molecule has 0 saturated heterocycles. The second-order valence-corrected chi connectivity index (χ2v) is 7.00. The van der Waals surface area contributed by atoms with E-state index in [2.05, 4.69) is 30.1 Å². The van der Waals surface area contributed by atoms with Crippen LogP contribution in [0.3, 0.4) is 0 Å². The predicted molar refractivity (Wildman–Crippen MR) is 100 cm³/mol. The number of hydrogen-bond acceptors (Lipinski definition) is 4. The molecule has 5 heteroatoms. The van der Waals surface area contributed by atoms with Crippen LogP contribution >= 0.6 is 0 Å². The minimum Gasteiger partial charge on any atom is -0.490 e. The first-order valence-electron chi connectivity index (χ1n) is 9.46. The van der Waals surface area contributed by atoms with Crippen LogP contribution in [0.5, 0.6) is 11.5 Å². The summed E-state index contributed by atoms with van der Waals surface area (Å²) in [6, 6.07) is 6.03. The first-order chi connectivity index (χ1) is 12.1. The van der Waals surface area contributed by atoms with E-state index in [1.165, 1.54) is 0 Å². The summed E-state index contributed by atoms with van der Waals surface area (Å²) in [6.07, 6.45) is 3.01. The zero-order valence-electron chi connectivity index (χ0n) is 15.8. The van der Waals surface area contributed by atoms with Gasteiger partial charge in [0, 0.05) is 25.2 Å². The smallest absolute Gasteiger partial charge is 0.234 e. The van der Waals surface area contributed by atoms with Crippen LogP contribution < -0.4 is 14.8 Å². The molecule has 0 fully saturated rings. The monoisotopic (exact) mass is 348 g/mol. The number of carbonyl (C=O) groups excluding carboxylic acids is 1. The number of hydrogen-bond donors (Lipinski definition) is 1. The third kappa shape index (κ3) is 6.58. The molecule has 0 aliphatic carbocycles. The van der Waals surface area contributed by atoms with Gasteiger partial charge in [0.05, 0.1) is 19.8 Å². The van der Waals surface area contributed by atoms with E-state index in [0.29, 0.717) is 32.2 Å². The molecule has 2 rings (SSSR count). The number of ether oxygens (including phenoxy) is 2. The number of carbonyl (C=O) groups is 1. The van der Waals surface area contributed by atoms with Crippen LogP contribution in [-0.2, 0) is 11.3 Å². The molecule has 0 radical (unpaired) electrons. The highest BCUT2D eigenvalue weighted by molar-refractivity contribution is 5.78. The Kier molecular flexibility index (Phi) is 8.06. The summed E-state index contributed by atoms with van der Waals surface area (Å²) in [6.45, 7) is 10.3. The lowest BCUT2D eigenvalue weighted by Crippen LogP contribution is -2.39. The number of nitrogens with zero attached hydrogens (tertiary/aromatic N) is 1. The lowest BCUT2D eigenvalue weighted by Gasteiger charge is -2.25. The molecule has 1 N–H and O–H groups in total. The van der Waals surface area contributed by atoms with Crippen molar-refractivity contribution in [1.82, 2.24) is 10.2 Å². The summed E-state index contributed by atoms with van der Waals surface area (Å²) in [5, 5.41) is 3.03. The molecule has 1 amide bonds. The van der Waals surface area contributed by atoms with Crippen LogP contribution in [0.15, 0.2) is 18.2 Å². The predicted octanol–water partition coefficient (Wildman–Crippen LogP) is 3.22. The molecular formula is C20H32N2O3. The van der Waals surface area contributed by atoms with Gasteiger partial charge in [0.1, 0.15) is 0 Å². The molecule has 140 valence electrons. The molecule has 0 saturated carbocycles. The molecule has 1 heterocycles. The molecular weight excluding hydrogens is 316 g/mol. The van der Waals surface area contributed by atoms with E-state index in [1.54, 1.807) is 0 Å². The van der Waals surface area contributed by atoms with Crippen molar-refractivity contribution in [3.05, 3.63) is 23.8 Å². The highest BCUT2D eigenvalue weighted by Gasteiger charge is 2.18. The maximum absolute atomic E-state index is 12.2. The zero-order chi connectivity index (χ0) is 18.1. The van der Waals surface area contributed by atoms with E-state index in [4.69, 9.17) is 9.47 Å². The van der Waals surface area contributed by atoms with E-state index in [0.717, 1.165) is 49.4 Å². The summed E-state index contributed by atoms with van der Waals surface area (Å²) in [4.78, 5) is 14.4. The second-order valence-electron chi connectivity index (χ2n) is 7.00. The first-order valence-corrected chi connectivity index (χ1v) is 9.46. The number of rotatable bonds is 4. The van der Waals surface area contributed by atoms with Gasteiger partial charge in [0.15, 0.2) is 11.5 Å². The number of amides is 1. The normalized spacial score (nSPS) is 17.5. The average Bonchev–Trinajstić information content (AvgIpc) is 2.56. The Hall–Kier alpha value is -1.75. The fourth-order valence-electron chi connectivity index (χ4n) is 3.13. The molecule has 0 atom stereocenters. The number of benzene rings is 1. The van der Waals surface area contributed by atoms with Crippen LogP contribution in [0.1, 0.15) is 45.6 Å². The van der Waals surface area contributed by atoms with Crippen LogP contribution in [0.2, 0.25) is 0 Å². The highest BCUT2D eigenvalue weighted by atomic mass is 16.5. The van der Waals surface area contributed by atoms with Crippen molar-refractivity contribution >= 4 is 5.91 Å². The van der Waals surface area contributed by atoms with Crippen LogP contribution in [0, 0.1) is 5.92 Å². The van der Waals surface area contributed by atoms with Crippen LogP contribution in [-0.4, -0.2) is 43.7 Å². The summed E-state index contributed by atoms with van der Waals surface area (Å²) in [5.41, 5.74) is 1.08. The number of para-hydroxylation sites is 1. The Bertz CT molecular complexity index is 546. The van der Waals surface area contributed by atoms with Gasteiger partial charge >= 0.3 is 0 Å². The Labute approximate surface area is 151 Å². The summed E-state index contributed by atoms with van der Waals surface area (Å²) in [5.74, 6) is 2.22. The molecule has 0 aromatic heterocycles. The highest BCUT2D eigenvalue weighted by Crippen LogP contribution is 2.32. The summed E-state index contributed by atoms with van der Waals surface area (Å²) in [7, 11) is 0. The Morgan fingerprint density at radius 1 is 1.24 bits per heavy atom. The molecule has 0 spiro atoms. The van der Waals surface area contributed by atoms with Gasteiger partial charge in [-0.05, 0) is 38.2 Å². The van der Waals surface area contributed by atoms with E-state index < -0.39 is 0 Å². The minimum atomic E-state index is 0.100. The van der Waals surface area contributed by atoms with Gasteiger partial charge < -0.3 is 14.8 Å². The molecule has 25 heavy (non-hydrogen) atoms. The van der Waals surface area contributed by atoms with Crippen molar-refractivity contribution in [2.75, 3.05) is 32.8 Å². The molecule has 0 unspecified atom stereocenters. The third-order valence-corrected chi connectivity index (χ3v) is 4.13. The summed E-state index contributed by atoms with van der Waals surface area (Å²) < 4.78 is 11.9. The van der Waals surface area contributed by atoms with Gasteiger partial charge in [-0.25, -0.2) is 0 Å². The number of fused-ring (bicyclic) bond motifs is 1. The van der Waals surface area contributed by atoms with Crippen molar-refractivity contribution in [2.24, 2.45) is 5.92 Å². The zero-order valence-corrected chi connectivity index (χ0v) is 15.8. The third-order valence-electron chi connectivity index (χ3n) is 4.13. The Balaban J connectivity index is 2.27. The van der Waals surface area contributed by atoms with Gasteiger partial charge in [0.25, 0.3) is 0 Å². The van der Waals surface area contributed by atoms with Gasteiger partial charge in [-0.1, -0.05) is 26.0 Å². The second kappa shape index (κ2) is 10.3. The SMILES string of the molecule is CCOc1cccc2c1OCCCCCNC(=O)CN(CC(C)C)C2. The largest absolute Gasteiger partial charge is 0.490 e. The van der Waals surface area contributed by atoms with Crippen LogP contribution in [0.25, 0.3) is 0 Å². The molecule has 0 bridgehead atoms. The van der Waals surface area contributed by atoms with E-state index in [-0.39, 0.29) is 5.91 Å². The van der Waals surface area contributed by atoms with Gasteiger partial charge in [0.2, 0.25) is 5.91 Å². The lowest BCUT2D eigenvalue weighted by molar-refractivity contribution is -0.122. The average molecular weight is 348 g/mol. The Morgan fingerprint density at radius 2 is 2.08 bits per heavy atom. The fourth-order valence-corrected chi connectivity index (χ4v) is 3.13. The standard InChI is InChI=1S/C20H32N2O3/c1-4-24-18-10-8-9-17-14-22(13-16(2)3)15-19(23)21-11-6-5-7-12-25-20(17)18/h8-10,16H,4-7,11-15H2,1-3H3,(H,21,23). The molecule has 1 aliphatic rings. The van der Waals surface area contributed by atoms with Crippen molar-refractivity contribution in [2.45, 2.75) is 46.6 Å². The van der Waals surface area contributed by atoms with E-state index >= 15 is 0 Å². The number of nitrogens with one attached hydrogen (secondary N) is 1. The molecule has 1 aromatic carbocycles.